The van der Waals surface area contributed by atoms with Crippen LogP contribution in [0.2, 0.25) is 0 Å². The molecule has 0 radical (unpaired) electrons. The molecule has 2 N–H and O–H groups in total. The molecule has 21 heavy (non-hydrogen) atoms. The molecule has 1 fully saturated rings. The third-order valence-corrected chi connectivity index (χ3v) is 4.95. The van der Waals surface area contributed by atoms with E-state index in [9.17, 15) is 9.90 Å². The molecule has 0 saturated carbocycles. The van der Waals surface area contributed by atoms with Crippen LogP contribution in [-0.2, 0) is 0 Å². The molecule has 4 heteroatoms. The number of rotatable bonds is 3. The Bertz CT molecular complexity index is 500. The van der Waals surface area contributed by atoms with Gasteiger partial charge in [-0.05, 0) is 61.8 Å². The first-order chi connectivity index (χ1) is 9.99. The van der Waals surface area contributed by atoms with Gasteiger partial charge >= 0.3 is 6.03 Å². The third-order valence-electron chi connectivity index (χ3n) is 4.95. The van der Waals surface area contributed by atoms with E-state index in [0.717, 1.165) is 24.9 Å². The minimum Gasteiger partial charge on any atom is -0.396 e. The summed E-state index contributed by atoms with van der Waals surface area (Å²) in [7, 11) is 0. The van der Waals surface area contributed by atoms with E-state index < -0.39 is 0 Å². The molecule has 0 aliphatic carbocycles. The maximum Gasteiger partial charge on any atom is 0.321 e. The summed E-state index contributed by atoms with van der Waals surface area (Å²) in [4.78, 5) is 14.1. The lowest BCUT2D eigenvalue weighted by molar-refractivity contribution is 0.0542. The number of urea groups is 1. The fourth-order valence-corrected chi connectivity index (χ4v) is 2.83. The van der Waals surface area contributed by atoms with Crippen LogP contribution in [0.5, 0.6) is 0 Å². The van der Waals surface area contributed by atoms with E-state index in [4.69, 9.17) is 0 Å². The second-order valence-electron chi connectivity index (χ2n) is 6.23. The Hall–Kier alpha value is -1.55. The number of aliphatic hydroxyl groups excluding tert-OH is 1. The van der Waals surface area contributed by atoms with Gasteiger partial charge in [0.2, 0.25) is 0 Å². The molecular weight excluding hydrogens is 264 g/mol. The molecule has 1 aromatic rings. The quantitative estimate of drug-likeness (QED) is 0.897. The Morgan fingerprint density at radius 3 is 2.48 bits per heavy atom. The Balaban J connectivity index is 1.94. The van der Waals surface area contributed by atoms with Gasteiger partial charge in [-0.3, -0.25) is 0 Å². The van der Waals surface area contributed by atoms with Crippen molar-refractivity contribution in [3.8, 4) is 0 Å². The number of amides is 2. The second kappa shape index (κ2) is 6.48. The van der Waals surface area contributed by atoms with Gasteiger partial charge in [-0.1, -0.05) is 13.0 Å². The van der Waals surface area contributed by atoms with E-state index in [2.05, 4.69) is 19.2 Å². The average molecular weight is 290 g/mol. The SMILES string of the molecule is CCC1(CO)CCN(C(=O)Nc2ccc(C)c(C)c2)CC1. The third kappa shape index (κ3) is 3.56. The van der Waals surface area contributed by atoms with Crippen molar-refractivity contribution in [3.05, 3.63) is 29.3 Å². The molecule has 0 spiro atoms. The summed E-state index contributed by atoms with van der Waals surface area (Å²) in [5.74, 6) is 0. The predicted octanol–water partition coefficient (Wildman–Crippen LogP) is 3.32. The fourth-order valence-electron chi connectivity index (χ4n) is 2.83. The van der Waals surface area contributed by atoms with Crippen molar-refractivity contribution in [2.75, 3.05) is 25.0 Å². The molecule has 1 heterocycles. The summed E-state index contributed by atoms with van der Waals surface area (Å²) in [6.07, 6.45) is 2.72. The zero-order chi connectivity index (χ0) is 15.5. The lowest BCUT2D eigenvalue weighted by Crippen LogP contribution is -2.46. The molecule has 0 aromatic heterocycles. The van der Waals surface area contributed by atoms with Crippen LogP contribution in [0.4, 0.5) is 10.5 Å². The van der Waals surface area contributed by atoms with E-state index >= 15 is 0 Å². The van der Waals surface area contributed by atoms with Gasteiger partial charge in [0.25, 0.3) is 0 Å². The van der Waals surface area contributed by atoms with Gasteiger partial charge in [-0.25, -0.2) is 4.79 Å². The molecule has 2 amide bonds. The van der Waals surface area contributed by atoms with Crippen LogP contribution >= 0.6 is 0 Å². The van der Waals surface area contributed by atoms with Gasteiger partial charge in [0.15, 0.2) is 0 Å². The first kappa shape index (κ1) is 15.8. The number of anilines is 1. The minimum absolute atomic E-state index is 0.0111. The van der Waals surface area contributed by atoms with E-state index in [-0.39, 0.29) is 18.1 Å². The normalized spacial score (nSPS) is 17.6. The molecule has 0 bridgehead atoms. The van der Waals surface area contributed by atoms with Gasteiger partial charge in [0, 0.05) is 25.4 Å². The summed E-state index contributed by atoms with van der Waals surface area (Å²) >= 11 is 0. The van der Waals surface area contributed by atoms with E-state index in [1.165, 1.54) is 11.1 Å². The van der Waals surface area contributed by atoms with E-state index in [1.807, 2.05) is 30.0 Å². The Kier molecular flexibility index (Phi) is 4.88. The largest absolute Gasteiger partial charge is 0.396 e. The molecule has 1 aromatic carbocycles. The Morgan fingerprint density at radius 2 is 1.95 bits per heavy atom. The first-order valence-corrected chi connectivity index (χ1v) is 7.74. The fraction of sp³-hybridized carbons (Fsp3) is 0.588. The number of aryl methyl sites for hydroxylation is 2. The van der Waals surface area contributed by atoms with Gasteiger partial charge in [0.05, 0.1) is 0 Å². The summed E-state index contributed by atoms with van der Waals surface area (Å²) in [5, 5.41) is 12.5. The van der Waals surface area contributed by atoms with Crippen LogP contribution in [0.25, 0.3) is 0 Å². The molecule has 1 aliphatic heterocycles. The summed E-state index contributed by atoms with van der Waals surface area (Å²) in [5.41, 5.74) is 3.26. The van der Waals surface area contributed by atoms with Crippen LogP contribution in [0.1, 0.15) is 37.3 Å². The maximum absolute atomic E-state index is 12.3. The van der Waals surface area contributed by atoms with Gasteiger partial charge in [-0.2, -0.15) is 0 Å². The van der Waals surface area contributed by atoms with E-state index in [0.29, 0.717) is 13.1 Å². The number of carbonyl (C=O) groups excluding carboxylic acids is 1. The first-order valence-electron chi connectivity index (χ1n) is 7.74. The molecule has 116 valence electrons. The molecule has 0 unspecified atom stereocenters. The van der Waals surface area contributed by atoms with Gasteiger partial charge < -0.3 is 15.3 Å². The van der Waals surface area contributed by atoms with E-state index in [1.54, 1.807) is 0 Å². The molecule has 4 nitrogen and oxygen atoms in total. The van der Waals surface area contributed by atoms with Crippen molar-refractivity contribution >= 4 is 11.7 Å². The average Bonchev–Trinajstić information content (AvgIpc) is 2.51. The van der Waals surface area contributed by atoms with Crippen LogP contribution in [0.3, 0.4) is 0 Å². The molecule has 1 aliphatic rings. The lowest BCUT2D eigenvalue weighted by Gasteiger charge is -2.40. The van der Waals surface area contributed by atoms with Crippen molar-refractivity contribution in [3.63, 3.8) is 0 Å². The standard InChI is InChI=1S/C17H26N2O2/c1-4-17(12-20)7-9-19(10-8-17)16(21)18-15-6-5-13(2)14(3)11-15/h5-6,11,20H,4,7-10,12H2,1-3H3,(H,18,21). The summed E-state index contributed by atoms with van der Waals surface area (Å²) in [6, 6.07) is 5.92. The highest BCUT2D eigenvalue weighted by molar-refractivity contribution is 5.89. The number of carbonyl (C=O) groups is 1. The zero-order valence-electron chi connectivity index (χ0n) is 13.3. The van der Waals surface area contributed by atoms with Crippen molar-refractivity contribution in [1.29, 1.82) is 0 Å². The Morgan fingerprint density at radius 1 is 1.29 bits per heavy atom. The number of nitrogens with one attached hydrogen (secondary N) is 1. The maximum atomic E-state index is 12.3. The highest BCUT2D eigenvalue weighted by atomic mass is 16.3. The van der Waals surface area contributed by atoms with Crippen molar-refractivity contribution in [2.24, 2.45) is 5.41 Å². The number of nitrogens with zero attached hydrogens (tertiary/aromatic N) is 1. The summed E-state index contributed by atoms with van der Waals surface area (Å²) in [6.45, 7) is 7.86. The number of hydrogen-bond acceptors (Lipinski definition) is 2. The molecule has 2 rings (SSSR count). The zero-order valence-corrected chi connectivity index (χ0v) is 13.3. The number of hydrogen-bond donors (Lipinski definition) is 2. The Labute approximate surface area is 127 Å². The monoisotopic (exact) mass is 290 g/mol. The topological polar surface area (TPSA) is 52.6 Å². The van der Waals surface area contributed by atoms with Crippen LogP contribution in [0.15, 0.2) is 18.2 Å². The number of aliphatic hydroxyl groups is 1. The molecule has 0 atom stereocenters. The van der Waals surface area contributed by atoms with Crippen LogP contribution in [0, 0.1) is 19.3 Å². The highest BCUT2D eigenvalue weighted by Gasteiger charge is 2.33. The van der Waals surface area contributed by atoms with Gasteiger partial charge in [-0.15, -0.1) is 0 Å². The predicted molar refractivity (Wildman–Crippen MR) is 85.6 cm³/mol. The minimum atomic E-state index is -0.0408. The van der Waals surface area contributed by atoms with Crippen LogP contribution in [-0.4, -0.2) is 35.7 Å². The number of piperidine rings is 1. The smallest absolute Gasteiger partial charge is 0.321 e. The second-order valence-corrected chi connectivity index (χ2v) is 6.23. The number of benzene rings is 1. The number of likely N-dealkylation sites (tertiary alicyclic amines) is 1. The molecular formula is C17H26N2O2. The van der Waals surface area contributed by atoms with Crippen molar-refractivity contribution in [2.45, 2.75) is 40.0 Å². The van der Waals surface area contributed by atoms with Gasteiger partial charge in [0.1, 0.15) is 0 Å². The van der Waals surface area contributed by atoms with Crippen molar-refractivity contribution < 1.29 is 9.90 Å². The van der Waals surface area contributed by atoms with Crippen molar-refractivity contribution in [1.82, 2.24) is 4.90 Å². The molecule has 1 saturated heterocycles. The highest BCUT2D eigenvalue weighted by Crippen LogP contribution is 2.34. The lowest BCUT2D eigenvalue weighted by atomic mass is 9.77. The van der Waals surface area contributed by atoms with Crippen LogP contribution < -0.4 is 5.32 Å². The summed E-state index contributed by atoms with van der Waals surface area (Å²) < 4.78 is 0.